The monoisotopic (exact) mass is 345 g/mol. The van der Waals surface area contributed by atoms with Crippen molar-refractivity contribution in [2.24, 2.45) is 0 Å². The Bertz CT molecular complexity index is 799. The minimum Gasteiger partial charge on any atom is -1.00 e. The Hall–Kier alpha value is -2.22. The molecule has 0 saturated carbocycles. The molecule has 1 atom stereocenters. The van der Waals surface area contributed by atoms with Crippen LogP contribution in [0, 0.1) is 0 Å². The van der Waals surface area contributed by atoms with Crippen LogP contribution in [0.1, 0.15) is 31.3 Å². The number of fused-ring (bicyclic) bond motifs is 3. The normalized spacial score (nSPS) is 18.0. The molecule has 1 amide bonds. The van der Waals surface area contributed by atoms with Crippen LogP contribution < -0.4 is 18.9 Å². The van der Waals surface area contributed by atoms with Gasteiger partial charge in [0.2, 0.25) is 0 Å². The average Bonchev–Trinajstić information content (AvgIpc) is 3.23. The molecule has 1 saturated heterocycles. The van der Waals surface area contributed by atoms with E-state index >= 15 is 0 Å². The first-order valence-electron chi connectivity index (χ1n) is 8.51. The maximum atomic E-state index is 12.4. The van der Waals surface area contributed by atoms with Gasteiger partial charge in [-0.1, -0.05) is 48.5 Å². The van der Waals surface area contributed by atoms with Crippen molar-refractivity contribution in [2.45, 2.75) is 24.8 Å². The molecule has 130 valence electrons. The molecule has 2 aromatic carbocycles. The summed E-state index contributed by atoms with van der Waals surface area (Å²) in [5.74, 6) is -0.978. The number of aliphatic carboxylic acids is 1. The molecule has 2 aromatic rings. The van der Waals surface area contributed by atoms with Gasteiger partial charge >= 0.3 is 30.9 Å². The van der Waals surface area contributed by atoms with Gasteiger partial charge in [-0.3, -0.25) is 4.90 Å². The summed E-state index contributed by atoms with van der Waals surface area (Å²) in [6.07, 6.45) is 0.646. The second-order valence-corrected chi connectivity index (χ2v) is 6.49. The Morgan fingerprint density at radius 1 is 1.08 bits per heavy atom. The summed E-state index contributed by atoms with van der Waals surface area (Å²) in [5.41, 5.74) is 4.63. The molecule has 0 unspecified atom stereocenters. The van der Waals surface area contributed by atoms with E-state index in [1.54, 1.807) is 0 Å². The van der Waals surface area contributed by atoms with Crippen LogP contribution in [-0.4, -0.2) is 41.3 Å². The predicted octanol–water partition coefficient (Wildman–Crippen LogP) is 0.601. The fourth-order valence-corrected chi connectivity index (χ4v) is 3.92. The summed E-state index contributed by atoms with van der Waals surface area (Å²) >= 11 is 0. The molecule has 0 spiro atoms. The molecule has 0 aromatic heterocycles. The first-order chi connectivity index (χ1) is 12.2. The second kappa shape index (κ2) is 7.57. The van der Waals surface area contributed by atoms with Crippen LogP contribution in [0.25, 0.3) is 11.1 Å². The third-order valence-corrected chi connectivity index (χ3v) is 5.11. The molecular formula is C20H20LiNO4. The molecule has 1 N–H and O–H groups in total. The van der Waals surface area contributed by atoms with Gasteiger partial charge in [-0.2, -0.15) is 0 Å². The standard InChI is InChI=1S/C20H19NO4.Li.H/c22-19(23)18-10-5-11-21(18)20(24)25-12-17-15-8-3-1-6-13(15)14-7-2-4-9-16(14)17;;/h1-4,6-9,17-18H,5,10-12H2,(H,22,23);;/q;+1;-1/t18-;;/m0../s1. The zero-order valence-corrected chi connectivity index (χ0v) is 14.7. The van der Waals surface area contributed by atoms with Crippen molar-refractivity contribution in [3.8, 4) is 11.1 Å². The molecule has 0 bridgehead atoms. The molecule has 26 heavy (non-hydrogen) atoms. The van der Waals surface area contributed by atoms with Gasteiger partial charge < -0.3 is 11.3 Å². The first kappa shape index (κ1) is 18.6. The van der Waals surface area contributed by atoms with Crippen molar-refractivity contribution < 1.29 is 39.7 Å². The Kier molecular flexibility index (Phi) is 5.40. The van der Waals surface area contributed by atoms with Crippen LogP contribution in [0.15, 0.2) is 48.5 Å². The van der Waals surface area contributed by atoms with Gasteiger partial charge in [0.1, 0.15) is 12.6 Å². The van der Waals surface area contributed by atoms with Crippen molar-refractivity contribution >= 4 is 12.1 Å². The largest absolute Gasteiger partial charge is 1.00 e. The topological polar surface area (TPSA) is 66.8 Å². The predicted molar refractivity (Wildman–Crippen MR) is 93.5 cm³/mol. The smallest absolute Gasteiger partial charge is 1.00 e. The van der Waals surface area contributed by atoms with Crippen molar-refractivity contribution in [3.63, 3.8) is 0 Å². The number of hydrogen-bond acceptors (Lipinski definition) is 3. The zero-order valence-electron chi connectivity index (χ0n) is 15.7. The SMILES string of the molecule is O=C(O)[C@@H]1CCCN1C(=O)OCC1c2ccccc2-c2ccccc21.[H-].[Li+]. The van der Waals surface area contributed by atoms with Crippen LogP contribution in [0.3, 0.4) is 0 Å². The number of amides is 1. The van der Waals surface area contributed by atoms with Gasteiger partial charge in [0, 0.05) is 12.5 Å². The summed E-state index contributed by atoms with van der Waals surface area (Å²) in [4.78, 5) is 25.0. The minimum absolute atomic E-state index is 0. The number of hydrogen-bond donors (Lipinski definition) is 1. The molecule has 2 aliphatic rings. The Morgan fingerprint density at radius 2 is 1.65 bits per heavy atom. The van der Waals surface area contributed by atoms with E-state index in [-0.39, 0.29) is 32.8 Å². The fourth-order valence-electron chi connectivity index (χ4n) is 3.92. The van der Waals surface area contributed by atoms with Crippen LogP contribution in [0.4, 0.5) is 4.79 Å². The van der Waals surface area contributed by atoms with Gasteiger partial charge in [-0.25, -0.2) is 9.59 Å². The van der Waals surface area contributed by atoms with E-state index in [0.29, 0.717) is 19.4 Å². The van der Waals surface area contributed by atoms with Gasteiger partial charge in [0.05, 0.1) is 0 Å². The summed E-state index contributed by atoms with van der Waals surface area (Å²) in [6, 6.07) is 15.5. The molecule has 1 aliphatic heterocycles. The number of ether oxygens (including phenoxy) is 1. The van der Waals surface area contributed by atoms with Crippen molar-refractivity contribution in [1.29, 1.82) is 0 Å². The molecule has 1 aliphatic carbocycles. The number of carbonyl (C=O) groups excluding carboxylic acids is 1. The summed E-state index contributed by atoms with van der Waals surface area (Å²) in [7, 11) is 0. The Labute approximate surface area is 165 Å². The quantitative estimate of drug-likeness (QED) is 0.828. The second-order valence-electron chi connectivity index (χ2n) is 6.49. The van der Waals surface area contributed by atoms with E-state index in [9.17, 15) is 14.7 Å². The average molecular weight is 345 g/mol. The number of nitrogens with zero attached hydrogens (tertiary/aromatic N) is 1. The van der Waals surface area contributed by atoms with Crippen LogP contribution in [0.5, 0.6) is 0 Å². The fraction of sp³-hybridized carbons (Fsp3) is 0.300. The zero-order chi connectivity index (χ0) is 17.4. The van der Waals surface area contributed by atoms with E-state index in [1.165, 1.54) is 16.0 Å². The van der Waals surface area contributed by atoms with E-state index in [0.717, 1.165) is 11.1 Å². The third kappa shape index (κ3) is 3.13. The van der Waals surface area contributed by atoms with E-state index in [1.807, 2.05) is 24.3 Å². The number of carboxylic acids is 1. The minimum atomic E-state index is -0.967. The maximum absolute atomic E-state index is 12.4. The van der Waals surface area contributed by atoms with Crippen LogP contribution in [-0.2, 0) is 9.53 Å². The van der Waals surface area contributed by atoms with Gasteiger partial charge in [0.15, 0.2) is 0 Å². The molecule has 6 heteroatoms. The molecular weight excluding hydrogens is 325 g/mol. The van der Waals surface area contributed by atoms with Gasteiger partial charge in [0.25, 0.3) is 0 Å². The summed E-state index contributed by atoms with van der Waals surface area (Å²) in [5, 5.41) is 9.22. The van der Waals surface area contributed by atoms with Crippen molar-refractivity contribution in [1.82, 2.24) is 4.90 Å². The summed E-state index contributed by atoms with van der Waals surface area (Å²) in [6.45, 7) is 0.656. The number of benzene rings is 2. The first-order valence-corrected chi connectivity index (χ1v) is 8.51. The van der Waals surface area contributed by atoms with Gasteiger partial charge in [-0.15, -0.1) is 0 Å². The molecule has 0 radical (unpaired) electrons. The number of likely N-dealkylation sites (tertiary alicyclic amines) is 1. The van der Waals surface area contributed by atoms with E-state index in [4.69, 9.17) is 4.74 Å². The van der Waals surface area contributed by atoms with Crippen LogP contribution >= 0.6 is 0 Å². The van der Waals surface area contributed by atoms with Crippen molar-refractivity contribution in [2.75, 3.05) is 13.2 Å². The molecule has 1 fully saturated rings. The molecule has 4 rings (SSSR count). The number of rotatable bonds is 3. The van der Waals surface area contributed by atoms with E-state index < -0.39 is 18.1 Å². The van der Waals surface area contributed by atoms with Crippen LogP contribution in [0.2, 0.25) is 0 Å². The van der Waals surface area contributed by atoms with Crippen molar-refractivity contribution in [3.05, 3.63) is 59.7 Å². The molecule has 5 nitrogen and oxygen atoms in total. The van der Waals surface area contributed by atoms with E-state index in [2.05, 4.69) is 24.3 Å². The Balaban J connectivity index is 0.00000131. The van der Waals surface area contributed by atoms with Gasteiger partial charge in [-0.05, 0) is 35.1 Å². The molecule has 1 heterocycles. The number of carbonyl (C=O) groups is 2. The Morgan fingerprint density at radius 3 is 2.23 bits per heavy atom. The third-order valence-electron chi connectivity index (χ3n) is 5.11. The maximum Gasteiger partial charge on any atom is 1.00 e. The number of carboxylic acid groups (broad SMARTS) is 1. The summed E-state index contributed by atoms with van der Waals surface area (Å²) < 4.78 is 5.53.